The van der Waals surface area contributed by atoms with E-state index in [-0.39, 0.29) is 24.1 Å². The minimum absolute atomic E-state index is 0.161. The zero-order chi connectivity index (χ0) is 17.8. The van der Waals surface area contributed by atoms with Crippen molar-refractivity contribution in [3.8, 4) is 5.69 Å². The molecule has 0 radical (unpaired) electrons. The molecule has 0 spiro atoms. The SMILES string of the molecule is Cc1c(NC(=O)C[C@@H](C)c2ccccc2F)cnn1-c1ccccc1. The molecule has 0 aliphatic rings. The number of carbonyl (C=O) groups excluding carboxylic acids is 1. The Hall–Kier alpha value is -2.95. The van der Waals surface area contributed by atoms with Crippen molar-refractivity contribution in [2.24, 2.45) is 0 Å². The summed E-state index contributed by atoms with van der Waals surface area (Å²) in [5.41, 5.74) is 2.99. The molecule has 128 valence electrons. The normalized spacial score (nSPS) is 12.0. The second-order valence-corrected chi connectivity index (χ2v) is 6.07. The number of benzene rings is 2. The van der Waals surface area contributed by atoms with Gasteiger partial charge in [0, 0.05) is 6.42 Å². The maximum atomic E-state index is 13.8. The van der Waals surface area contributed by atoms with Crippen LogP contribution in [-0.2, 0) is 4.79 Å². The van der Waals surface area contributed by atoms with E-state index in [1.54, 1.807) is 29.1 Å². The van der Waals surface area contributed by atoms with E-state index in [0.717, 1.165) is 11.4 Å². The van der Waals surface area contributed by atoms with Crippen molar-refractivity contribution in [3.63, 3.8) is 0 Å². The monoisotopic (exact) mass is 337 g/mol. The standard InChI is InChI=1S/C20H20FN3O/c1-14(17-10-6-7-11-18(17)21)12-20(25)23-19-13-22-24(15(19)2)16-8-4-3-5-9-16/h3-11,13-14H,12H2,1-2H3,(H,23,25)/t14-/m1/s1. The lowest BCUT2D eigenvalue weighted by molar-refractivity contribution is -0.116. The third kappa shape index (κ3) is 3.76. The molecule has 0 saturated carbocycles. The van der Waals surface area contributed by atoms with Gasteiger partial charge in [-0.15, -0.1) is 0 Å². The lowest BCUT2D eigenvalue weighted by Crippen LogP contribution is -2.15. The Bertz CT molecular complexity index is 874. The van der Waals surface area contributed by atoms with Gasteiger partial charge in [-0.3, -0.25) is 4.79 Å². The third-order valence-electron chi connectivity index (χ3n) is 4.21. The van der Waals surface area contributed by atoms with Gasteiger partial charge in [0.1, 0.15) is 5.82 Å². The first-order valence-electron chi connectivity index (χ1n) is 8.20. The number of nitrogens with zero attached hydrogens (tertiary/aromatic N) is 2. The number of nitrogens with one attached hydrogen (secondary N) is 1. The number of rotatable bonds is 5. The van der Waals surface area contributed by atoms with Gasteiger partial charge >= 0.3 is 0 Å². The zero-order valence-corrected chi connectivity index (χ0v) is 14.2. The third-order valence-corrected chi connectivity index (χ3v) is 4.21. The Morgan fingerprint density at radius 3 is 2.56 bits per heavy atom. The first-order chi connectivity index (χ1) is 12.1. The van der Waals surface area contributed by atoms with E-state index in [2.05, 4.69) is 10.4 Å². The van der Waals surface area contributed by atoms with E-state index in [0.29, 0.717) is 11.3 Å². The van der Waals surface area contributed by atoms with Gasteiger partial charge in [0.15, 0.2) is 0 Å². The average Bonchev–Trinajstić information content (AvgIpc) is 2.96. The van der Waals surface area contributed by atoms with Gasteiger partial charge in [0.2, 0.25) is 5.91 Å². The first kappa shape index (κ1) is 16.9. The minimum Gasteiger partial charge on any atom is -0.323 e. The molecule has 0 saturated heterocycles. The first-order valence-corrected chi connectivity index (χ1v) is 8.20. The summed E-state index contributed by atoms with van der Waals surface area (Å²) in [6, 6.07) is 16.3. The van der Waals surface area contributed by atoms with Gasteiger partial charge in [-0.2, -0.15) is 5.10 Å². The fourth-order valence-corrected chi connectivity index (χ4v) is 2.83. The molecule has 0 fully saturated rings. The maximum Gasteiger partial charge on any atom is 0.225 e. The molecule has 1 heterocycles. The molecule has 0 unspecified atom stereocenters. The summed E-state index contributed by atoms with van der Waals surface area (Å²) in [7, 11) is 0. The lowest BCUT2D eigenvalue weighted by atomic mass is 9.97. The Kier molecular flexibility index (Phi) is 4.93. The van der Waals surface area contributed by atoms with Crippen LogP contribution in [0.3, 0.4) is 0 Å². The van der Waals surface area contributed by atoms with Gasteiger partial charge < -0.3 is 5.32 Å². The number of para-hydroxylation sites is 1. The zero-order valence-electron chi connectivity index (χ0n) is 14.2. The quantitative estimate of drug-likeness (QED) is 0.747. The Balaban J connectivity index is 1.70. The highest BCUT2D eigenvalue weighted by Gasteiger charge is 2.16. The van der Waals surface area contributed by atoms with E-state index in [9.17, 15) is 9.18 Å². The highest BCUT2D eigenvalue weighted by molar-refractivity contribution is 5.91. The van der Waals surface area contributed by atoms with E-state index < -0.39 is 0 Å². The molecule has 1 amide bonds. The van der Waals surface area contributed by atoms with E-state index >= 15 is 0 Å². The molecule has 25 heavy (non-hydrogen) atoms. The Labute approximate surface area is 146 Å². The molecule has 0 bridgehead atoms. The molecule has 0 aliphatic carbocycles. The summed E-state index contributed by atoms with van der Waals surface area (Å²) in [6.07, 6.45) is 1.84. The van der Waals surface area contributed by atoms with Gasteiger partial charge in [-0.25, -0.2) is 9.07 Å². The number of amides is 1. The number of carbonyl (C=O) groups is 1. The van der Waals surface area contributed by atoms with E-state index in [1.807, 2.05) is 44.2 Å². The largest absolute Gasteiger partial charge is 0.323 e. The summed E-state index contributed by atoms with van der Waals surface area (Å²) in [5.74, 6) is -0.645. The van der Waals surface area contributed by atoms with Gasteiger partial charge in [0.25, 0.3) is 0 Å². The van der Waals surface area contributed by atoms with Crippen LogP contribution in [0.1, 0.15) is 30.5 Å². The number of halogens is 1. The van der Waals surface area contributed by atoms with Gasteiger partial charge in [0.05, 0.1) is 23.3 Å². The van der Waals surface area contributed by atoms with Crippen LogP contribution in [0.4, 0.5) is 10.1 Å². The number of hydrogen-bond donors (Lipinski definition) is 1. The number of anilines is 1. The Morgan fingerprint density at radius 2 is 1.84 bits per heavy atom. The molecular weight excluding hydrogens is 317 g/mol. The van der Waals surface area contributed by atoms with Crippen molar-refractivity contribution in [1.82, 2.24) is 9.78 Å². The van der Waals surface area contributed by atoms with Crippen LogP contribution < -0.4 is 5.32 Å². The van der Waals surface area contributed by atoms with Crippen LogP contribution in [0.5, 0.6) is 0 Å². The lowest BCUT2D eigenvalue weighted by Gasteiger charge is -2.13. The van der Waals surface area contributed by atoms with Crippen molar-refractivity contribution >= 4 is 11.6 Å². The molecule has 4 nitrogen and oxygen atoms in total. The second-order valence-electron chi connectivity index (χ2n) is 6.07. The molecule has 3 aromatic rings. The van der Waals surface area contributed by atoms with Crippen LogP contribution in [0.25, 0.3) is 5.69 Å². The van der Waals surface area contributed by atoms with Crippen molar-refractivity contribution in [1.29, 1.82) is 0 Å². The fraction of sp³-hybridized carbons (Fsp3) is 0.200. The predicted molar refractivity (Wildman–Crippen MR) is 96.4 cm³/mol. The van der Waals surface area contributed by atoms with Crippen molar-refractivity contribution in [3.05, 3.63) is 77.9 Å². The van der Waals surface area contributed by atoms with Crippen LogP contribution >= 0.6 is 0 Å². The summed E-state index contributed by atoms with van der Waals surface area (Å²) in [5, 5.41) is 7.21. The predicted octanol–water partition coefficient (Wildman–Crippen LogP) is 4.45. The van der Waals surface area contributed by atoms with Crippen molar-refractivity contribution in [2.75, 3.05) is 5.32 Å². The second kappa shape index (κ2) is 7.30. The molecule has 1 aromatic heterocycles. The summed E-state index contributed by atoms with van der Waals surface area (Å²) in [6.45, 7) is 3.74. The van der Waals surface area contributed by atoms with Gasteiger partial charge in [-0.05, 0) is 36.6 Å². The summed E-state index contributed by atoms with van der Waals surface area (Å²) in [4.78, 5) is 12.3. The molecule has 0 aliphatic heterocycles. The van der Waals surface area contributed by atoms with Crippen LogP contribution in [0.2, 0.25) is 0 Å². The highest BCUT2D eigenvalue weighted by Crippen LogP contribution is 2.23. The maximum absolute atomic E-state index is 13.8. The molecule has 5 heteroatoms. The highest BCUT2D eigenvalue weighted by atomic mass is 19.1. The Morgan fingerprint density at radius 1 is 1.16 bits per heavy atom. The topological polar surface area (TPSA) is 46.9 Å². The number of hydrogen-bond acceptors (Lipinski definition) is 2. The average molecular weight is 337 g/mol. The smallest absolute Gasteiger partial charge is 0.225 e. The molecular formula is C20H20FN3O. The summed E-state index contributed by atoms with van der Waals surface area (Å²) < 4.78 is 15.6. The molecule has 3 rings (SSSR count). The van der Waals surface area contributed by atoms with Crippen molar-refractivity contribution < 1.29 is 9.18 Å². The van der Waals surface area contributed by atoms with Crippen LogP contribution in [-0.4, -0.2) is 15.7 Å². The van der Waals surface area contributed by atoms with Crippen LogP contribution in [0.15, 0.2) is 60.8 Å². The fourth-order valence-electron chi connectivity index (χ4n) is 2.83. The molecule has 1 N–H and O–H groups in total. The van der Waals surface area contributed by atoms with Crippen LogP contribution in [0, 0.1) is 12.7 Å². The molecule has 1 atom stereocenters. The van der Waals surface area contributed by atoms with Gasteiger partial charge in [-0.1, -0.05) is 43.3 Å². The molecule has 2 aromatic carbocycles. The minimum atomic E-state index is -0.282. The van der Waals surface area contributed by atoms with Crippen molar-refractivity contribution in [2.45, 2.75) is 26.2 Å². The summed E-state index contributed by atoms with van der Waals surface area (Å²) >= 11 is 0. The van der Waals surface area contributed by atoms with E-state index in [1.165, 1.54) is 6.07 Å². The number of aromatic nitrogens is 2. The van der Waals surface area contributed by atoms with E-state index in [4.69, 9.17) is 0 Å².